The Hall–Kier alpha value is -8.07. The zero-order valence-electron chi connectivity index (χ0n) is 55.9. The molecule has 2 heteroatoms. The lowest BCUT2D eigenvalue weighted by molar-refractivity contribution is -0.153. The summed E-state index contributed by atoms with van der Waals surface area (Å²) in [5.74, 6) is 0.0474. The zero-order valence-corrected chi connectivity index (χ0v) is 55.9. The number of esters is 1. The molecule has 27 aromatic carbocycles. The molecule has 27 aromatic rings. The van der Waals surface area contributed by atoms with E-state index in [1.54, 1.807) is 275 Å². The molecular formula is C95H70O2. The highest BCUT2D eigenvalue weighted by atomic mass is 16.6. The molecule has 0 radical (unpaired) electrons. The fourth-order valence-corrected chi connectivity index (χ4v) is 29.5. The molecule has 0 saturated heterocycles. The van der Waals surface area contributed by atoms with Crippen LogP contribution in [0.2, 0.25) is 0 Å². The summed E-state index contributed by atoms with van der Waals surface area (Å²) in [6.45, 7) is 4.65. The number of carbonyl (C=O) groups is 1. The van der Waals surface area contributed by atoms with Gasteiger partial charge in [0, 0.05) is 33.9 Å². The molecule has 0 aromatic heterocycles. The molecule has 0 spiro atoms. The van der Waals surface area contributed by atoms with Crippen LogP contribution in [-0.2, 0) is 20.5 Å². The van der Waals surface area contributed by atoms with Crippen molar-refractivity contribution in [3.05, 3.63) is 33.4 Å². The third-order valence-corrected chi connectivity index (χ3v) is 31.7. The minimum Gasteiger partial charge on any atom is -0.444 e. The third-order valence-electron chi connectivity index (χ3n) is 31.7. The molecule has 2 atom stereocenters. The van der Waals surface area contributed by atoms with E-state index in [-0.39, 0.29) is 11.4 Å². The number of hydrogen-bond acceptors (Lipinski definition) is 2. The second-order valence-corrected chi connectivity index (χ2v) is 35.2. The van der Waals surface area contributed by atoms with Crippen molar-refractivity contribution in [2.45, 2.75) is 230 Å². The van der Waals surface area contributed by atoms with Crippen LogP contribution in [0.4, 0.5) is 0 Å². The molecule has 0 bridgehead atoms. The number of rotatable bonds is 33. The van der Waals surface area contributed by atoms with Gasteiger partial charge in [-0.2, -0.15) is 0 Å². The summed E-state index contributed by atoms with van der Waals surface area (Å²) in [5, 5.41) is 83.8. The SMILES string of the molecule is CCCCCCCCCCCCCCCCCC(=O)OC12c3c4c5c6c7c8c9c%10c(c1c1c%11c2c2c%12c3c5c3c5c6c6c7c7c9c9c%13c%10c1c1c%10c%11c%11c2c2c%12c3c3c5c5c6c6c7c9c7c(c%131)c1c%10c%11c9c2c3c2c9c1c7c6c52)C48CCCCCCCCCCCCCCCCC. The van der Waals surface area contributed by atoms with Gasteiger partial charge in [-0.05, 0) is 304 Å². The number of ether oxygens (including phenoxy) is 1. The molecule has 5 aliphatic carbocycles. The molecule has 0 amide bonds. The van der Waals surface area contributed by atoms with Crippen LogP contribution < -0.4 is 0 Å². The van der Waals surface area contributed by atoms with Gasteiger partial charge in [0.25, 0.3) is 0 Å². The van der Waals surface area contributed by atoms with Gasteiger partial charge in [-0.1, -0.05) is 200 Å². The fourth-order valence-electron chi connectivity index (χ4n) is 29.5. The van der Waals surface area contributed by atoms with Gasteiger partial charge in [-0.3, -0.25) is 4.79 Å². The first kappa shape index (κ1) is 48.6. The molecule has 0 N–H and O–H groups in total. The maximum atomic E-state index is 16.4. The number of carbonyl (C=O) groups excluding carboxylic acids is 1. The normalized spacial score (nSPS) is 19.0. The first-order valence-corrected chi connectivity index (χ1v) is 40.2. The summed E-state index contributed by atoms with van der Waals surface area (Å²) < 4.78 is 8.41. The molecular weight excluding hydrogens is 1170 g/mol. The third kappa shape index (κ3) is 3.98. The van der Waals surface area contributed by atoms with E-state index < -0.39 is 5.60 Å². The zero-order chi connectivity index (χ0) is 61.4. The summed E-state index contributed by atoms with van der Waals surface area (Å²) in [7, 11) is 0. The molecule has 32 rings (SSSR count). The van der Waals surface area contributed by atoms with Gasteiger partial charge in [-0.25, -0.2) is 0 Å². The fraction of sp³-hybridized carbons (Fsp3) is 0.379. The van der Waals surface area contributed by atoms with E-state index in [1.807, 2.05) is 0 Å². The molecule has 2 nitrogen and oxygen atoms in total. The van der Waals surface area contributed by atoms with Crippen molar-refractivity contribution >= 4 is 286 Å². The van der Waals surface area contributed by atoms with Crippen LogP contribution >= 0.6 is 0 Å². The van der Waals surface area contributed by atoms with Crippen LogP contribution in [-0.4, -0.2) is 5.97 Å². The van der Waals surface area contributed by atoms with Crippen LogP contribution in [0.15, 0.2) is 0 Å². The van der Waals surface area contributed by atoms with E-state index in [0.29, 0.717) is 6.42 Å². The highest BCUT2D eigenvalue weighted by molar-refractivity contribution is 6.81. The van der Waals surface area contributed by atoms with Gasteiger partial charge >= 0.3 is 5.97 Å². The highest BCUT2D eigenvalue weighted by Gasteiger charge is 2.68. The monoisotopic (exact) mass is 1240 g/mol. The summed E-state index contributed by atoms with van der Waals surface area (Å²) >= 11 is 0. The van der Waals surface area contributed by atoms with E-state index in [0.717, 1.165) is 19.3 Å². The molecule has 0 saturated carbocycles. The minimum atomic E-state index is -1.03. The largest absolute Gasteiger partial charge is 0.444 e. The van der Waals surface area contributed by atoms with Crippen LogP contribution in [0.3, 0.4) is 0 Å². The summed E-state index contributed by atoms with van der Waals surface area (Å²) in [6.07, 6.45) is 42.1. The molecule has 462 valence electrons. The Morgan fingerprint density at radius 3 is 0.660 bits per heavy atom. The van der Waals surface area contributed by atoms with E-state index >= 15 is 4.79 Å². The van der Waals surface area contributed by atoms with Crippen molar-refractivity contribution in [1.29, 1.82) is 0 Å². The Kier molecular flexibility index (Phi) is 7.28. The standard InChI is InChI=1S/C95H70O2/c1-3-5-7-9-11-13-15-17-19-21-23-25-27-29-31-33-35(96)97-95-89-81-72-65-52-45-39-38-40-36-37-41(39)50(52)56-54-43(37)46-42(36)53-55-49(40)51-44(38)47-48(45)59-66-58(47)67-64(51)71-69(55)73-60(53)62-57(46)63-61(54)74(70(56)72)85(89)87-76(63)75(62)86-84(73)88-80(71)77(67)82-79(66)83(78(81)68(59)65)92(95)90(82)94(88,91(86)93(87)95)34-32-30-28-26-24-22-20-18-16-14-12-10-8-6-4-2/h3-34H2,1-2H3. The van der Waals surface area contributed by atoms with Gasteiger partial charge in [0.1, 0.15) is 0 Å². The Morgan fingerprint density at radius 2 is 0.371 bits per heavy atom. The molecule has 2 unspecified atom stereocenters. The number of hydrogen-bond donors (Lipinski definition) is 0. The van der Waals surface area contributed by atoms with E-state index in [9.17, 15) is 0 Å². The Bertz CT molecular complexity index is 7760. The molecule has 0 aliphatic heterocycles. The minimum absolute atomic E-state index is 0.0474. The average Bonchev–Trinajstić information content (AvgIpc) is 1.39. The van der Waals surface area contributed by atoms with Crippen LogP contribution in [0.5, 0.6) is 0 Å². The van der Waals surface area contributed by atoms with Gasteiger partial charge < -0.3 is 4.74 Å². The summed E-state index contributed by atoms with van der Waals surface area (Å²) in [5.41, 5.74) is 7.95. The second-order valence-electron chi connectivity index (χ2n) is 35.2. The lowest BCUT2D eigenvalue weighted by atomic mass is 9.56. The highest BCUT2D eigenvalue weighted by Crippen LogP contribution is 2.84. The molecule has 0 fully saturated rings. The van der Waals surface area contributed by atoms with Crippen LogP contribution in [0.25, 0.3) is 280 Å². The Balaban J connectivity index is 0.675. The predicted molar refractivity (Wildman–Crippen MR) is 417 cm³/mol. The number of benzene rings is 17. The van der Waals surface area contributed by atoms with E-state index in [4.69, 9.17) is 4.74 Å². The Morgan fingerprint density at radius 1 is 0.196 bits per heavy atom. The first-order chi connectivity index (χ1) is 48.2. The van der Waals surface area contributed by atoms with Crippen molar-refractivity contribution in [1.82, 2.24) is 0 Å². The average molecular weight is 1240 g/mol. The van der Waals surface area contributed by atoms with Crippen molar-refractivity contribution < 1.29 is 9.53 Å². The Labute approximate surface area is 555 Å². The van der Waals surface area contributed by atoms with E-state index in [2.05, 4.69) is 13.8 Å². The molecule has 97 heavy (non-hydrogen) atoms. The summed E-state index contributed by atoms with van der Waals surface area (Å²) in [4.78, 5) is 16.4. The van der Waals surface area contributed by atoms with Crippen molar-refractivity contribution in [2.24, 2.45) is 0 Å². The molecule has 0 heterocycles. The topological polar surface area (TPSA) is 26.3 Å². The van der Waals surface area contributed by atoms with Gasteiger partial charge in [0.2, 0.25) is 0 Å². The molecule has 5 aliphatic rings. The van der Waals surface area contributed by atoms with Gasteiger partial charge in [0.05, 0.1) is 0 Å². The maximum Gasteiger partial charge on any atom is 0.307 e. The van der Waals surface area contributed by atoms with Crippen molar-refractivity contribution in [2.75, 3.05) is 0 Å². The van der Waals surface area contributed by atoms with Crippen LogP contribution in [0.1, 0.15) is 253 Å². The smallest absolute Gasteiger partial charge is 0.307 e. The lowest BCUT2D eigenvalue weighted by Gasteiger charge is -2.48. The summed E-state index contributed by atoms with van der Waals surface area (Å²) in [6, 6.07) is 0. The maximum absolute atomic E-state index is 16.4. The van der Waals surface area contributed by atoms with E-state index in [1.165, 1.54) is 218 Å². The van der Waals surface area contributed by atoms with Gasteiger partial charge in [-0.15, -0.1) is 0 Å². The second kappa shape index (κ2) is 14.5. The van der Waals surface area contributed by atoms with Crippen molar-refractivity contribution in [3.8, 4) is 0 Å². The predicted octanol–water partition coefficient (Wildman–Crippen LogP) is 29.0. The van der Waals surface area contributed by atoms with Crippen LogP contribution in [0, 0.1) is 0 Å². The quantitative estimate of drug-likeness (QED) is 0.0233. The lowest BCUT2D eigenvalue weighted by Crippen LogP contribution is -2.45. The number of unbranched alkanes of at least 4 members (excludes halogenated alkanes) is 28. The van der Waals surface area contributed by atoms with Crippen molar-refractivity contribution in [3.63, 3.8) is 0 Å². The van der Waals surface area contributed by atoms with Gasteiger partial charge in [0.15, 0.2) is 5.60 Å². The first-order valence-electron chi connectivity index (χ1n) is 40.2.